The minimum absolute atomic E-state index is 0.548. The summed E-state index contributed by atoms with van der Waals surface area (Å²) in [6.07, 6.45) is 0.860. The molecular weight excluding hydrogens is 382 g/mol. The van der Waals surface area contributed by atoms with Crippen LogP contribution in [0.2, 0.25) is 5.15 Å². The van der Waals surface area contributed by atoms with Crippen molar-refractivity contribution in [3.05, 3.63) is 59.8 Å². The fraction of sp³-hybridized carbons (Fsp3) is 0.292. The first-order valence-electron chi connectivity index (χ1n) is 10.3. The second-order valence-electron chi connectivity index (χ2n) is 7.35. The van der Waals surface area contributed by atoms with Gasteiger partial charge in [-0.25, -0.2) is 4.48 Å². The predicted octanol–water partition coefficient (Wildman–Crippen LogP) is 5.79. The molecule has 0 bridgehead atoms. The van der Waals surface area contributed by atoms with Crippen LogP contribution in [0.25, 0.3) is 22.3 Å². The smallest absolute Gasteiger partial charge is 0.242 e. The number of nitrogens with zero attached hydrogens (tertiary/aromatic N) is 2. The fourth-order valence-electron chi connectivity index (χ4n) is 4.26. The molecule has 1 aliphatic heterocycles. The second kappa shape index (κ2) is 8.15. The van der Waals surface area contributed by atoms with Gasteiger partial charge in [0.25, 0.3) is 0 Å². The Morgan fingerprint density at radius 3 is 2.34 bits per heavy atom. The molecule has 3 aromatic rings. The normalized spacial score (nSPS) is 13.8. The zero-order chi connectivity index (χ0) is 20.4. The first kappa shape index (κ1) is 19.9. The van der Waals surface area contributed by atoms with E-state index >= 15 is 0 Å². The highest BCUT2D eigenvalue weighted by Gasteiger charge is 2.43. The number of pyridine rings is 1. The van der Waals surface area contributed by atoms with Gasteiger partial charge in [0.15, 0.2) is 0 Å². The van der Waals surface area contributed by atoms with E-state index in [1.165, 1.54) is 27.9 Å². The van der Waals surface area contributed by atoms with Crippen LogP contribution in [0.5, 0.6) is 5.75 Å². The van der Waals surface area contributed by atoms with Crippen molar-refractivity contribution in [3.63, 3.8) is 0 Å². The minimum Gasteiger partial charge on any atom is -0.494 e. The van der Waals surface area contributed by atoms with Crippen molar-refractivity contribution in [2.75, 3.05) is 26.2 Å². The van der Waals surface area contributed by atoms with E-state index in [1.54, 1.807) is 0 Å². The molecule has 0 aliphatic carbocycles. The highest BCUT2D eigenvalue weighted by molar-refractivity contribution is 6.29. The first-order chi connectivity index (χ1) is 14.1. The van der Waals surface area contributed by atoms with E-state index in [4.69, 9.17) is 27.1 Å². The summed E-state index contributed by atoms with van der Waals surface area (Å²) in [5.41, 5.74) is 11.6. The number of benzene rings is 2. The summed E-state index contributed by atoms with van der Waals surface area (Å²) in [4.78, 5) is 4.73. The molecule has 0 radical (unpaired) electrons. The first-order valence-corrected chi connectivity index (χ1v) is 10.6. The zero-order valence-electron chi connectivity index (χ0n) is 17.0. The summed E-state index contributed by atoms with van der Waals surface area (Å²) < 4.78 is 6.46. The molecule has 5 heteroatoms. The van der Waals surface area contributed by atoms with E-state index in [2.05, 4.69) is 50.2 Å². The SMILES string of the molecule is CC[N+]1(CC)c2ccc(-c3ccc(OCCCN)cc3)cc2-c2ccc(Cl)nc21. The van der Waals surface area contributed by atoms with E-state index in [1.807, 2.05) is 18.2 Å². The van der Waals surface area contributed by atoms with Gasteiger partial charge in [0.2, 0.25) is 5.82 Å². The Labute approximate surface area is 177 Å². The van der Waals surface area contributed by atoms with Gasteiger partial charge in [-0.1, -0.05) is 23.7 Å². The Kier molecular flexibility index (Phi) is 5.59. The average Bonchev–Trinajstić information content (AvgIpc) is 3.03. The van der Waals surface area contributed by atoms with E-state index < -0.39 is 0 Å². The lowest BCUT2D eigenvalue weighted by Gasteiger charge is -2.31. The highest BCUT2D eigenvalue weighted by Crippen LogP contribution is 2.52. The lowest BCUT2D eigenvalue weighted by atomic mass is 9.99. The summed E-state index contributed by atoms with van der Waals surface area (Å²) >= 11 is 6.25. The number of quaternary nitrogens is 1. The van der Waals surface area contributed by atoms with Crippen LogP contribution in [0.15, 0.2) is 54.6 Å². The van der Waals surface area contributed by atoms with E-state index in [-0.39, 0.29) is 0 Å². The highest BCUT2D eigenvalue weighted by atomic mass is 35.5. The summed E-state index contributed by atoms with van der Waals surface area (Å²) in [6.45, 7) is 7.60. The molecule has 0 saturated heterocycles. The number of hydrogen-bond donors (Lipinski definition) is 1. The lowest BCUT2D eigenvalue weighted by Crippen LogP contribution is -2.42. The molecule has 2 aromatic carbocycles. The summed E-state index contributed by atoms with van der Waals surface area (Å²) in [5, 5.41) is 0.548. The molecule has 0 amide bonds. The summed E-state index contributed by atoms with van der Waals surface area (Å²) in [7, 11) is 0. The third-order valence-corrected chi connectivity index (χ3v) is 6.09. The van der Waals surface area contributed by atoms with Crippen molar-refractivity contribution in [2.24, 2.45) is 5.73 Å². The Balaban J connectivity index is 1.73. The molecule has 150 valence electrons. The van der Waals surface area contributed by atoms with Gasteiger partial charge in [-0.2, -0.15) is 4.98 Å². The maximum atomic E-state index is 6.25. The fourth-order valence-corrected chi connectivity index (χ4v) is 4.40. The number of hydrogen-bond acceptors (Lipinski definition) is 3. The van der Waals surface area contributed by atoms with Crippen LogP contribution in [0, 0.1) is 0 Å². The van der Waals surface area contributed by atoms with E-state index in [9.17, 15) is 0 Å². The topological polar surface area (TPSA) is 48.1 Å². The number of ether oxygens (including phenoxy) is 1. The Hall–Kier alpha value is -2.40. The van der Waals surface area contributed by atoms with Crippen molar-refractivity contribution in [1.82, 2.24) is 9.47 Å². The molecule has 0 spiro atoms. The van der Waals surface area contributed by atoms with Crippen LogP contribution >= 0.6 is 11.6 Å². The van der Waals surface area contributed by atoms with Crippen LogP contribution in [0.4, 0.5) is 11.5 Å². The van der Waals surface area contributed by atoms with Crippen LogP contribution < -0.4 is 15.0 Å². The van der Waals surface area contributed by atoms with Gasteiger partial charge in [-0.3, -0.25) is 0 Å². The Morgan fingerprint density at radius 2 is 1.66 bits per heavy atom. The Bertz CT molecular complexity index is 1010. The van der Waals surface area contributed by atoms with Crippen molar-refractivity contribution in [3.8, 4) is 28.0 Å². The third kappa shape index (κ3) is 3.42. The maximum Gasteiger partial charge on any atom is 0.242 e. The average molecular weight is 409 g/mol. The van der Waals surface area contributed by atoms with Gasteiger partial charge in [-0.15, -0.1) is 0 Å². The third-order valence-electron chi connectivity index (χ3n) is 5.88. The molecule has 4 nitrogen and oxygen atoms in total. The standard InChI is InChI=1S/C24H27ClN3O/c1-3-28(4-2)22-12-8-18(16-21(22)20-11-13-23(25)27-24(20)28)17-6-9-19(10-7-17)29-15-5-14-26/h6-13,16H,3-5,14-15,26H2,1-2H3/q+1. The van der Waals surface area contributed by atoms with Crippen molar-refractivity contribution in [2.45, 2.75) is 20.3 Å². The molecule has 2 heterocycles. The van der Waals surface area contributed by atoms with Crippen LogP contribution in [-0.4, -0.2) is 31.2 Å². The molecule has 0 atom stereocenters. The molecule has 0 saturated carbocycles. The number of nitrogens with two attached hydrogens (primary N) is 1. The number of halogens is 1. The van der Waals surface area contributed by atoms with Crippen LogP contribution in [0.3, 0.4) is 0 Å². The number of aromatic nitrogens is 1. The molecule has 4 rings (SSSR count). The van der Waals surface area contributed by atoms with Gasteiger partial charge < -0.3 is 10.5 Å². The van der Waals surface area contributed by atoms with E-state index in [0.29, 0.717) is 18.3 Å². The zero-order valence-corrected chi connectivity index (χ0v) is 17.7. The molecule has 0 fully saturated rings. The molecular formula is C24H27ClN3O+. The largest absolute Gasteiger partial charge is 0.494 e. The van der Waals surface area contributed by atoms with Gasteiger partial charge in [0, 0.05) is 6.07 Å². The van der Waals surface area contributed by atoms with Gasteiger partial charge in [-0.05, 0) is 74.3 Å². The minimum atomic E-state index is 0.548. The summed E-state index contributed by atoms with van der Waals surface area (Å²) in [5.74, 6) is 1.93. The van der Waals surface area contributed by atoms with Gasteiger partial charge in [0.1, 0.15) is 16.6 Å². The number of rotatable bonds is 7. The lowest BCUT2D eigenvalue weighted by molar-refractivity contribution is 0.313. The Morgan fingerprint density at radius 1 is 0.931 bits per heavy atom. The van der Waals surface area contributed by atoms with Crippen LogP contribution in [-0.2, 0) is 0 Å². The number of fused-ring (bicyclic) bond motifs is 3. The molecule has 29 heavy (non-hydrogen) atoms. The predicted molar refractivity (Wildman–Crippen MR) is 122 cm³/mol. The van der Waals surface area contributed by atoms with Crippen molar-refractivity contribution in [1.29, 1.82) is 0 Å². The molecule has 0 unspecified atom stereocenters. The van der Waals surface area contributed by atoms with Crippen molar-refractivity contribution >= 4 is 23.1 Å². The quantitative estimate of drug-likeness (QED) is 0.306. The maximum absolute atomic E-state index is 6.25. The molecule has 1 aliphatic rings. The molecule has 1 aromatic heterocycles. The van der Waals surface area contributed by atoms with Crippen molar-refractivity contribution < 1.29 is 4.74 Å². The summed E-state index contributed by atoms with van der Waals surface area (Å²) in [6, 6.07) is 19.0. The van der Waals surface area contributed by atoms with Gasteiger partial charge >= 0.3 is 0 Å². The van der Waals surface area contributed by atoms with Crippen LogP contribution in [0.1, 0.15) is 20.3 Å². The second-order valence-corrected chi connectivity index (χ2v) is 7.74. The molecule has 2 N–H and O–H groups in total. The monoisotopic (exact) mass is 408 g/mol. The van der Waals surface area contributed by atoms with Gasteiger partial charge in [0.05, 0.1) is 30.8 Å². The van der Waals surface area contributed by atoms with E-state index in [0.717, 1.165) is 35.6 Å².